The first-order valence-corrected chi connectivity index (χ1v) is 8.46. The molecule has 0 atom stereocenters. The van der Waals surface area contributed by atoms with Crippen LogP contribution in [0.3, 0.4) is 0 Å². The van der Waals surface area contributed by atoms with E-state index in [1.807, 2.05) is 18.2 Å². The average Bonchev–Trinajstić information content (AvgIpc) is 3.03. The van der Waals surface area contributed by atoms with E-state index in [4.69, 9.17) is 23.2 Å². The summed E-state index contributed by atoms with van der Waals surface area (Å²) in [4.78, 5) is 14.8. The number of carbonyl (C=O) groups is 1. The minimum Gasteiger partial charge on any atom is -0.322 e. The van der Waals surface area contributed by atoms with E-state index in [1.165, 1.54) is 18.4 Å². The molecule has 0 aromatic heterocycles. The molecule has 1 heterocycles. The van der Waals surface area contributed by atoms with Crippen molar-refractivity contribution in [1.29, 1.82) is 0 Å². The lowest BCUT2D eigenvalue weighted by Gasteiger charge is -2.15. The standard InChI is InChI=1S/C18H18Cl2N2O/c19-16-8-4-7-15(17(16)20)18(23)21-14-6-3-5-13(11-14)12-22-9-1-2-10-22/h3-8,11H,1-2,9-10,12H2,(H,21,23). The molecule has 0 bridgehead atoms. The highest BCUT2D eigenvalue weighted by Gasteiger charge is 2.14. The van der Waals surface area contributed by atoms with Crippen molar-refractivity contribution in [1.82, 2.24) is 4.90 Å². The number of hydrogen-bond donors (Lipinski definition) is 1. The molecule has 5 heteroatoms. The van der Waals surface area contributed by atoms with Crippen molar-refractivity contribution in [2.45, 2.75) is 19.4 Å². The van der Waals surface area contributed by atoms with E-state index >= 15 is 0 Å². The van der Waals surface area contributed by atoms with Crippen LogP contribution in [0.4, 0.5) is 5.69 Å². The van der Waals surface area contributed by atoms with Crippen molar-refractivity contribution in [3.63, 3.8) is 0 Å². The fourth-order valence-electron chi connectivity index (χ4n) is 2.82. The van der Waals surface area contributed by atoms with E-state index in [9.17, 15) is 4.79 Å². The Labute approximate surface area is 146 Å². The zero-order valence-corrected chi connectivity index (χ0v) is 14.2. The molecular weight excluding hydrogens is 331 g/mol. The van der Waals surface area contributed by atoms with Crippen molar-refractivity contribution in [3.05, 3.63) is 63.6 Å². The first kappa shape index (κ1) is 16.3. The van der Waals surface area contributed by atoms with Gasteiger partial charge in [0.1, 0.15) is 0 Å². The Hall–Kier alpha value is -1.55. The number of nitrogens with zero attached hydrogens (tertiary/aromatic N) is 1. The normalized spacial score (nSPS) is 14.9. The lowest BCUT2D eigenvalue weighted by atomic mass is 10.1. The molecule has 1 N–H and O–H groups in total. The Bertz CT molecular complexity index is 712. The zero-order chi connectivity index (χ0) is 16.2. The predicted octanol–water partition coefficient (Wildman–Crippen LogP) is 4.84. The molecule has 2 aromatic carbocycles. The van der Waals surface area contributed by atoms with Crippen LogP contribution in [0.2, 0.25) is 10.0 Å². The van der Waals surface area contributed by atoms with Crippen LogP contribution in [0.1, 0.15) is 28.8 Å². The maximum Gasteiger partial charge on any atom is 0.257 e. The summed E-state index contributed by atoms with van der Waals surface area (Å²) in [6, 6.07) is 13.0. The lowest BCUT2D eigenvalue weighted by Crippen LogP contribution is -2.18. The molecule has 2 aromatic rings. The van der Waals surface area contributed by atoms with E-state index < -0.39 is 0 Å². The summed E-state index contributed by atoms with van der Waals surface area (Å²) in [5, 5.41) is 3.55. The van der Waals surface area contributed by atoms with Gasteiger partial charge in [0.2, 0.25) is 0 Å². The van der Waals surface area contributed by atoms with Gasteiger partial charge in [-0.05, 0) is 55.8 Å². The second-order valence-electron chi connectivity index (χ2n) is 5.74. The molecule has 0 unspecified atom stereocenters. The quantitative estimate of drug-likeness (QED) is 0.857. The summed E-state index contributed by atoms with van der Waals surface area (Å²) in [6.07, 6.45) is 2.54. The van der Waals surface area contributed by atoms with E-state index in [0.717, 1.165) is 25.3 Å². The molecule has 1 amide bonds. The molecule has 23 heavy (non-hydrogen) atoms. The Morgan fingerprint density at radius 1 is 1.09 bits per heavy atom. The molecule has 0 saturated carbocycles. The number of benzene rings is 2. The summed E-state index contributed by atoms with van der Waals surface area (Å²) in [5.74, 6) is -0.254. The summed E-state index contributed by atoms with van der Waals surface area (Å²) < 4.78 is 0. The van der Waals surface area contributed by atoms with E-state index in [2.05, 4.69) is 16.3 Å². The monoisotopic (exact) mass is 348 g/mol. The largest absolute Gasteiger partial charge is 0.322 e. The molecule has 3 rings (SSSR count). The van der Waals surface area contributed by atoms with Crippen LogP contribution in [-0.2, 0) is 6.54 Å². The number of nitrogens with one attached hydrogen (secondary N) is 1. The SMILES string of the molecule is O=C(Nc1cccc(CN2CCCC2)c1)c1cccc(Cl)c1Cl. The van der Waals surface area contributed by atoms with Crippen LogP contribution >= 0.6 is 23.2 Å². The highest BCUT2D eigenvalue weighted by atomic mass is 35.5. The zero-order valence-electron chi connectivity index (χ0n) is 12.7. The minimum absolute atomic E-state index is 0.254. The van der Waals surface area contributed by atoms with Crippen molar-refractivity contribution in [2.24, 2.45) is 0 Å². The van der Waals surface area contributed by atoms with Crippen LogP contribution in [0.5, 0.6) is 0 Å². The summed E-state index contributed by atoms with van der Waals surface area (Å²) >= 11 is 12.1. The molecule has 0 radical (unpaired) electrons. The van der Waals surface area contributed by atoms with Crippen molar-refractivity contribution < 1.29 is 4.79 Å². The van der Waals surface area contributed by atoms with Gasteiger partial charge in [-0.15, -0.1) is 0 Å². The van der Waals surface area contributed by atoms with Crippen LogP contribution in [0.15, 0.2) is 42.5 Å². The van der Waals surface area contributed by atoms with Crippen LogP contribution in [-0.4, -0.2) is 23.9 Å². The van der Waals surface area contributed by atoms with Crippen molar-refractivity contribution >= 4 is 34.8 Å². The van der Waals surface area contributed by atoms with Crippen LogP contribution < -0.4 is 5.32 Å². The third-order valence-corrected chi connectivity index (χ3v) is 4.80. The van der Waals surface area contributed by atoms with Crippen molar-refractivity contribution in [2.75, 3.05) is 18.4 Å². The summed E-state index contributed by atoms with van der Waals surface area (Å²) in [7, 11) is 0. The van der Waals surface area contributed by atoms with Gasteiger partial charge in [-0.3, -0.25) is 9.69 Å². The van der Waals surface area contributed by atoms with Gasteiger partial charge in [-0.25, -0.2) is 0 Å². The molecule has 120 valence electrons. The molecule has 3 nitrogen and oxygen atoms in total. The van der Waals surface area contributed by atoms with Gasteiger partial charge in [-0.1, -0.05) is 41.4 Å². The number of rotatable bonds is 4. The number of amides is 1. The summed E-state index contributed by atoms with van der Waals surface area (Å²) in [5.41, 5.74) is 2.34. The molecule has 1 aliphatic rings. The summed E-state index contributed by atoms with van der Waals surface area (Å²) in [6.45, 7) is 3.21. The molecule has 0 spiro atoms. The van der Waals surface area contributed by atoms with Gasteiger partial charge in [0, 0.05) is 12.2 Å². The van der Waals surface area contributed by atoms with Gasteiger partial charge in [0.25, 0.3) is 5.91 Å². The third kappa shape index (κ3) is 4.05. The number of hydrogen-bond acceptors (Lipinski definition) is 2. The maximum absolute atomic E-state index is 12.4. The molecule has 1 saturated heterocycles. The second kappa shape index (κ2) is 7.35. The number of carbonyl (C=O) groups excluding carboxylic acids is 1. The number of halogens is 2. The Morgan fingerprint density at radius 2 is 1.83 bits per heavy atom. The van der Waals surface area contributed by atoms with Gasteiger partial charge < -0.3 is 5.32 Å². The lowest BCUT2D eigenvalue weighted by molar-refractivity contribution is 0.102. The smallest absolute Gasteiger partial charge is 0.257 e. The molecular formula is C18H18Cl2N2O. The predicted molar refractivity (Wildman–Crippen MR) is 95.4 cm³/mol. The molecule has 1 fully saturated rings. The van der Waals surface area contributed by atoms with Crippen molar-refractivity contribution in [3.8, 4) is 0 Å². The van der Waals surface area contributed by atoms with Crippen LogP contribution in [0.25, 0.3) is 0 Å². The Balaban J connectivity index is 1.72. The van der Waals surface area contributed by atoms with E-state index in [0.29, 0.717) is 10.6 Å². The topological polar surface area (TPSA) is 32.3 Å². The van der Waals surface area contributed by atoms with Gasteiger partial charge in [-0.2, -0.15) is 0 Å². The Kier molecular flexibility index (Phi) is 5.21. The van der Waals surface area contributed by atoms with Crippen LogP contribution in [0, 0.1) is 0 Å². The highest BCUT2D eigenvalue weighted by molar-refractivity contribution is 6.44. The average molecular weight is 349 g/mol. The van der Waals surface area contributed by atoms with Gasteiger partial charge in [0.05, 0.1) is 15.6 Å². The minimum atomic E-state index is -0.254. The fourth-order valence-corrected chi connectivity index (χ4v) is 3.21. The number of anilines is 1. The van der Waals surface area contributed by atoms with E-state index in [-0.39, 0.29) is 10.9 Å². The third-order valence-electron chi connectivity index (χ3n) is 3.99. The van der Waals surface area contributed by atoms with E-state index in [1.54, 1.807) is 18.2 Å². The second-order valence-corrected chi connectivity index (χ2v) is 6.52. The number of likely N-dealkylation sites (tertiary alicyclic amines) is 1. The Morgan fingerprint density at radius 3 is 2.61 bits per heavy atom. The maximum atomic E-state index is 12.4. The first-order valence-electron chi connectivity index (χ1n) is 7.70. The first-order chi connectivity index (χ1) is 11.1. The molecule has 1 aliphatic heterocycles. The van der Waals surface area contributed by atoms with Gasteiger partial charge in [0.15, 0.2) is 0 Å². The fraction of sp³-hybridized carbons (Fsp3) is 0.278. The molecule has 0 aliphatic carbocycles. The highest BCUT2D eigenvalue weighted by Crippen LogP contribution is 2.26. The van der Waals surface area contributed by atoms with Gasteiger partial charge >= 0.3 is 0 Å².